The Balaban J connectivity index is 1.28. The van der Waals surface area contributed by atoms with Gasteiger partial charge in [0.2, 0.25) is 0 Å². The van der Waals surface area contributed by atoms with E-state index in [1.54, 1.807) is 7.11 Å². The third-order valence-electron chi connectivity index (χ3n) is 7.41. The number of piperidine rings is 2. The van der Waals surface area contributed by atoms with Gasteiger partial charge in [-0.3, -0.25) is 0 Å². The molecule has 3 fully saturated rings. The molecule has 1 saturated carbocycles. The summed E-state index contributed by atoms with van der Waals surface area (Å²) in [6, 6.07) is 11.0. The summed E-state index contributed by atoms with van der Waals surface area (Å²) in [5, 5.41) is 9.88. The normalized spacial score (nSPS) is 29.0. The number of rotatable bonds is 6. The number of hydrogen-bond acceptors (Lipinski definition) is 3. The smallest absolute Gasteiger partial charge is 0.320 e. The zero-order chi connectivity index (χ0) is 20.3. The number of aliphatic hydroxyl groups is 1. The second-order valence-corrected chi connectivity index (χ2v) is 9.50. The summed E-state index contributed by atoms with van der Waals surface area (Å²) in [5.74, 6) is 1.55. The van der Waals surface area contributed by atoms with E-state index >= 15 is 0 Å². The van der Waals surface area contributed by atoms with Gasteiger partial charge >= 0.3 is 6.03 Å². The number of hydrogen-bond donors (Lipinski definition) is 1. The van der Waals surface area contributed by atoms with Crippen LogP contribution in [0, 0.1) is 11.3 Å². The van der Waals surface area contributed by atoms with Crippen LogP contribution in [0.25, 0.3) is 0 Å². The van der Waals surface area contributed by atoms with Crippen molar-refractivity contribution < 1.29 is 14.6 Å². The molecule has 0 radical (unpaired) electrons. The molecule has 2 heterocycles. The molecule has 4 rings (SSSR count). The van der Waals surface area contributed by atoms with Gasteiger partial charge in [-0.25, -0.2) is 4.79 Å². The van der Waals surface area contributed by atoms with Gasteiger partial charge in [0.05, 0.1) is 12.7 Å². The zero-order valence-corrected chi connectivity index (χ0v) is 17.8. The summed E-state index contributed by atoms with van der Waals surface area (Å²) < 4.78 is 5.63. The van der Waals surface area contributed by atoms with Crippen molar-refractivity contribution in [1.82, 2.24) is 9.80 Å². The van der Waals surface area contributed by atoms with E-state index in [1.807, 2.05) is 9.80 Å². The molecule has 2 aliphatic heterocycles. The van der Waals surface area contributed by atoms with Gasteiger partial charge in [0.1, 0.15) is 0 Å². The number of amides is 2. The minimum Gasteiger partial charge on any atom is -0.391 e. The van der Waals surface area contributed by atoms with Crippen LogP contribution in [0.2, 0.25) is 0 Å². The van der Waals surface area contributed by atoms with Gasteiger partial charge in [0, 0.05) is 33.3 Å². The number of urea groups is 1. The quantitative estimate of drug-likeness (QED) is 0.789. The number of benzene rings is 1. The number of likely N-dealkylation sites (tertiary alicyclic amines) is 2. The van der Waals surface area contributed by atoms with Crippen molar-refractivity contribution in [3.63, 3.8) is 0 Å². The van der Waals surface area contributed by atoms with E-state index in [0.29, 0.717) is 6.54 Å². The predicted molar refractivity (Wildman–Crippen MR) is 114 cm³/mol. The Morgan fingerprint density at radius 2 is 1.93 bits per heavy atom. The molecular weight excluding hydrogens is 364 g/mol. The minimum atomic E-state index is -0.360. The van der Waals surface area contributed by atoms with Gasteiger partial charge in [0.15, 0.2) is 0 Å². The fourth-order valence-corrected chi connectivity index (χ4v) is 5.44. The predicted octanol–water partition coefficient (Wildman–Crippen LogP) is 3.88. The van der Waals surface area contributed by atoms with Crippen LogP contribution < -0.4 is 0 Å². The molecule has 3 atom stereocenters. The van der Waals surface area contributed by atoms with Gasteiger partial charge in [-0.1, -0.05) is 30.3 Å². The topological polar surface area (TPSA) is 53.0 Å². The van der Waals surface area contributed by atoms with Crippen molar-refractivity contribution >= 4 is 6.03 Å². The van der Waals surface area contributed by atoms with Crippen LogP contribution in [0.15, 0.2) is 30.3 Å². The lowest BCUT2D eigenvalue weighted by atomic mass is 9.75. The van der Waals surface area contributed by atoms with Crippen LogP contribution in [0.3, 0.4) is 0 Å². The molecule has 160 valence electrons. The third-order valence-corrected chi connectivity index (χ3v) is 7.41. The van der Waals surface area contributed by atoms with E-state index in [9.17, 15) is 9.90 Å². The van der Waals surface area contributed by atoms with Gasteiger partial charge in [0.25, 0.3) is 0 Å². The lowest BCUT2D eigenvalue weighted by molar-refractivity contribution is 0.0127. The Morgan fingerprint density at radius 3 is 2.62 bits per heavy atom. The number of carbonyl (C=O) groups excluding carboxylic acids is 1. The highest BCUT2D eigenvalue weighted by atomic mass is 16.5. The minimum absolute atomic E-state index is 0.112. The molecule has 2 saturated heterocycles. The van der Waals surface area contributed by atoms with E-state index in [4.69, 9.17) is 4.74 Å². The van der Waals surface area contributed by atoms with E-state index in [2.05, 4.69) is 30.3 Å². The molecule has 1 N–H and O–H groups in total. The second-order valence-electron chi connectivity index (χ2n) is 9.50. The van der Waals surface area contributed by atoms with E-state index in [-0.39, 0.29) is 17.6 Å². The van der Waals surface area contributed by atoms with Crippen molar-refractivity contribution in [2.75, 3.05) is 39.9 Å². The van der Waals surface area contributed by atoms with Crippen molar-refractivity contribution in [2.45, 2.75) is 57.0 Å². The first-order valence-corrected chi connectivity index (χ1v) is 11.4. The number of methoxy groups -OCH3 is 1. The van der Waals surface area contributed by atoms with Crippen molar-refractivity contribution in [1.29, 1.82) is 0 Å². The van der Waals surface area contributed by atoms with Crippen LogP contribution in [0.1, 0.15) is 56.4 Å². The van der Waals surface area contributed by atoms with Crippen LogP contribution in [0.5, 0.6) is 0 Å². The molecule has 1 aliphatic carbocycles. The summed E-state index contributed by atoms with van der Waals surface area (Å²) in [5.41, 5.74) is 1.69. The maximum absolute atomic E-state index is 12.9. The van der Waals surface area contributed by atoms with E-state index < -0.39 is 0 Å². The summed E-state index contributed by atoms with van der Waals surface area (Å²) in [6.07, 6.45) is 7.16. The number of nitrogens with zero attached hydrogens (tertiary/aromatic N) is 2. The number of aliphatic hydroxyl groups excluding tert-OH is 1. The second kappa shape index (κ2) is 9.05. The summed E-state index contributed by atoms with van der Waals surface area (Å²) in [6.45, 7) is 3.67. The molecule has 3 aliphatic rings. The standard InChI is InChI=1S/C24H36N2O3/c1-29-18-24(10-9-20-16-22(20)19-6-3-2-4-7-19)11-14-25(15-12-24)23(28)26-13-5-8-21(27)17-26/h2-4,6-7,20-22,27H,5,8-18H2,1H3/t20-,21+,22?/m1/s1. The van der Waals surface area contributed by atoms with E-state index in [1.165, 1.54) is 24.8 Å². The summed E-state index contributed by atoms with van der Waals surface area (Å²) in [4.78, 5) is 16.7. The SMILES string of the molecule is COCC1(CC[C@@H]2CC2c2ccccc2)CCN(C(=O)N2CCC[C@H](O)C2)CC1. The molecule has 2 amide bonds. The highest BCUT2D eigenvalue weighted by Crippen LogP contribution is 2.52. The van der Waals surface area contributed by atoms with Gasteiger partial charge in [-0.05, 0) is 67.8 Å². The van der Waals surface area contributed by atoms with Gasteiger partial charge in [-0.2, -0.15) is 0 Å². The molecule has 0 spiro atoms. The highest BCUT2D eigenvalue weighted by Gasteiger charge is 2.42. The van der Waals surface area contributed by atoms with Crippen molar-refractivity contribution in [3.05, 3.63) is 35.9 Å². The molecule has 0 aromatic heterocycles. The molecule has 5 nitrogen and oxygen atoms in total. The van der Waals surface area contributed by atoms with E-state index in [0.717, 1.165) is 63.8 Å². The monoisotopic (exact) mass is 400 g/mol. The molecule has 1 aromatic rings. The van der Waals surface area contributed by atoms with Crippen LogP contribution in [-0.4, -0.2) is 66.9 Å². The Morgan fingerprint density at radius 1 is 1.17 bits per heavy atom. The first-order chi connectivity index (χ1) is 14.1. The lowest BCUT2D eigenvalue weighted by Gasteiger charge is -2.43. The fraction of sp³-hybridized carbons (Fsp3) is 0.708. The van der Waals surface area contributed by atoms with Crippen LogP contribution in [0.4, 0.5) is 4.79 Å². The largest absolute Gasteiger partial charge is 0.391 e. The van der Waals surface area contributed by atoms with Gasteiger partial charge in [-0.15, -0.1) is 0 Å². The highest BCUT2D eigenvalue weighted by molar-refractivity contribution is 5.74. The first kappa shape index (κ1) is 20.7. The maximum atomic E-state index is 12.9. The van der Waals surface area contributed by atoms with Crippen LogP contribution in [-0.2, 0) is 4.74 Å². The van der Waals surface area contributed by atoms with Gasteiger partial charge < -0.3 is 19.6 Å². The van der Waals surface area contributed by atoms with Crippen molar-refractivity contribution in [2.24, 2.45) is 11.3 Å². The maximum Gasteiger partial charge on any atom is 0.320 e. The molecule has 1 unspecified atom stereocenters. The Bertz CT molecular complexity index is 672. The first-order valence-electron chi connectivity index (χ1n) is 11.4. The average Bonchev–Trinajstić information content (AvgIpc) is 3.53. The molecule has 29 heavy (non-hydrogen) atoms. The summed E-state index contributed by atoms with van der Waals surface area (Å²) >= 11 is 0. The third kappa shape index (κ3) is 4.95. The average molecular weight is 401 g/mol. The Hall–Kier alpha value is -1.59. The molecule has 1 aromatic carbocycles. The Kier molecular flexibility index (Phi) is 6.45. The lowest BCUT2D eigenvalue weighted by Crippen LogP contribution is -2.52. The molecule has 0 bridgehead atoms. The number of carbonyl (C=O) groups is 1. The van der Waals surface area contributed by atoms with Crippen molar-refractivity contribution in [3.8, 4) is 0 Å². The Labute approximate surface area is 175 Å². The molecular formula is C24H36N2O3. The zero-order valence-electron chi connectivity index (χ0n) is 17.8. The number of β-amino-alcohol motifs (C(OH)–C–C–N with tert-alkyl or cyclic N) is 1. The summed E-state index contributed by atoms with van der Waals surface area (Å²) in [7, 11) is 1.80. The number of ether oxygens (including phenoxy) is 1. The van der Waals surface area contributed by atoms with Crippen LogP contribution >= 0.6 is 0 Å². The fourth-order valence-electron chi connectivity index (χ4n) is 5.44. The molecule has 5 heteroatoms.